The van der Waals surface area contributed by atoms with Crippen LogP contribution in [0.1, 0.15) is 27.9 Å². The number of hydrogen-bond donors (Lipinski definition) is 1. The van der Waals surface area contributed by atoms with E-state index in [1.807, 2.05) is 60.4 Å². The Hall–Kier alpha value is -2.53. The van der Waals surface area contributed by atoms with E-state index in [1.54, 1.807) is 4.90 Å². The summed E-state index contributed by atoms with van der Waals surface area (Å²) in [5.41, 5.74) is 2.59. The number of amides is 3. The van der Waals surface area contributed by atoms with Crippen molar-refractivity contribution < 1.29 is 9.59 Å². The van der Waals surface area contributed by atoms with Crippen LogP contribution in [0.2, 0.25) is 5.02 Å². The fourth-order valence-electron chi connectivity index (χ4n) is 3.23. The second kappa shape index (κ2) is 8.91. The van der Waals surface area contributed by atoms with Gasteiger partial charge in [0, 0.05) is 43.3 Å². The first-order valence-electron chi connectivity index (χ1n) is 9.17. The lowest BCUT2D eigenvalue weighted by Crippen LogP contribution is -2.42. The summed E-state index contributed by atoms with van der Waals surface area (Å²) in [6.07, 6.45) is 0.761. The lowest BCUT2D eigenvalue weighted by molar-refractivity contribution is 0.0761. The number of aryl methyl sites for hydroxylation is 1. The third-order valence-electron chi connectivity index (χ3n) is 4.83. The van der Waals surface area contributed by atoms with Crippen LogP contribution in [0.3, 0.4) is 0 Å². The highest BCUT2D eigenvalue weighted by atomic mass is 35.5. The van der Waals surface area contributed by atoms with Crippen molar-refractivity contribution >= 4 is 23.5 Å². The lowest BCUT2D eigenvalue weighted by Gasteiger charge is -2.23. The van der Waals surface area contributed by atoms with Crippen LogP contribution in [0, 0.1) is 6.92 Å². The van der Waals surface area contributed by atoms with Gasteiger partial charge in [-0.1, -0.05) is 48.0 Å². The number of benzene rings is 2. The molecule has 1 aliphatic rings. The number of nitrogens with zero attached hydrogens (tertiary/aromatic N) is 2. The smallest absolute Gasteiger partial charge is 0.317 e. The second-order valence-corrected chi connectivity index (χ2v) is 7.11. The molecule has 142 valence electrons. The maximum Gasteiger partial charge on any atom is 0.317 e. The minimum atomic E-state index is -0.125. The van der Waals surface area contributed by atoms with Crippen LogP contribution >= 0.6 is 11.6 Å². The Bertz CT molecular complexity index is 825. The molecule has 1 saturated heterocycles. The van der Waals surface area contributed by atoms with Crippen LogP contribution in [0.25, 0.3) is 0 Å². The second-order valence-electron chi connectivity index (χ2n) is 6.70. The number of carbonyl (C=O) groups is 2. The van der Waals surface area contributed by atoms with Gasteiger partial charge in [0.05, 0.1) is 0 Å². The quantitative estimate of drug-likeness (QED) is 0.875. The highest BCUT2D eigenvalue weighted by molar-refractivity contribution is 6.31. The van der Waals surface area contributed by atoms with Crippen LogP contribution in [-0.4, -0.2) is 47.9 Å². The first kappa shape index (κ1) is 19.2. The Kier molecular flexibility index (Phi) is 6.35. The van der Waals surface area contributed by atoms with E-state index >= 15 is 0 Å². The predicted molar refractivity (Wildman–Crippen MR) is 107 cm³/mol. The summed E-state index contributed by atoms with van der Waals surface area (Å²) < 4.78 is 0. The van der Waals surface area contributed by atoms with Crippen LogP contribution < -0.4 is 5.32 Å². The number of nitrogens with one attached hydrogen (secondary N) is 1. The van der Waals surface area contributed by atoms with Gasteiger partial charge in [-0.15, -0.1) is 0 Å². The molecule has 5 nitrogen and oxygen atoms in total. The molecule has 1 N–H and O–H groups in total. The van der Waals surface area contributed by atoms with Crippen LogP contribution in [0.4, 0.5) is 4.79 Å². The number of rotatable bonds is 3. The molecule has 0 spiro atoms. The molecule has 2 aromatic rings. The molecule has 0 bridgehead atoms. The van der Waals surface area contributed by atoms with Crippen molar-refractivity contribution in [3.63, 3.8) is 0 Å². The molecule has 0 radical (unpaired) electrons. The summed E-state index contributed by atoms with van der Waals surface area (Å²) in [5, 5.41) is 3.56. The van der Waals surface area contributed by atoms with Gasteiger partial charge in [-0.05, 0) is 36.6 Å². The summed E-state index contributed by atoms with van der Waals surface area (Å²) in [6, 6.07) is 15.0. The molecule has 1 fully saturated rings. The molecule has 3 rings (SSSR count). The molecular weight excluding hydrogens is 362 g/mol. The monoisotopic (exact) mass is 385 g/mol. The Morgan fingerprint density at radius 3 is 2.41 bits per heavy atom. The minimum Gasteiger partial charge on any atom is -0.337 e. The highest BCUT2D eigenvalue weighted by Gasteiger charge is 2.23. The maximum atomic E-state index is 12.8. The van der Waals surface area contributed by atoms with Crippen molar-refractivity contribution in [1.82, 2.24) is 15.1 Å². The van der Waals surface area contributed by atoms with Gasteiger partial charge < -0.3 is 15.1 Å². The van der Waals surface area contributed by atoms with Crippen molar-refractivity contribution in [1.29, 1.82) is 0 Å². The molecule has 1 heterocycles. The van der Waals surface area contributed by atoms with Crippen molar-refractivity contribution in [2.24, 2.45) is 0 Å². The zero-order valence-corrected chi connectivity index (χ0v) is 16.2. The van der Waals surface area contributed by atoms with E-state index in [9.17, 15) is 9.59 Å². The third-order valence-corrected chi connectivity index (χ3v) is 5.20. The van der Waals surface area contributed by atoms with Crippen molar-refractivity contribution in [3.8, 4) is 0 Å². The summed E-state index contributed by atoms with van der Waals surface area (Å²) in [4.78, 5) is 28.9. The normalized spacial score (nSPS) is 14.6. The number of carbonyl (C=O) groups excluding carboxylic acids is 2. The Morgan fingerprint density at radius 1 is 0.963 bits per heavy atom. The topological polar surface area (TPSA) is 52.7 Å². The van der Waals surface area contributed by atoms with Gasteiger partial charge in [0.2, 0.25) is 0 Å². The van der Waals surface area contributed by atoms with E-state index in [0.29, 0.717) is 37.7 Å². The van der Waals surface area contributed by atoms with E-state index in [1.165, 1.54) is 0 Å². The Labute approximate surface area is 164 Å². The number of hydrogen-bond acceptors (Lipinski definition) is 2. The molecule has 3 amide bonds. The van der Waals surface area contributed by atoms with Crippen molar-refractivity contribution in [2.45, 2.75) is 19.9 Å². The Balaban J connectivity index is 1.56. The molecule has 1 aliphatic heterocycles. The van der Waals surface area contributed by atoms with Crippen molar-refractivity contribution in [3.05, 3.63) is 70.2 Å². The summed E-state index contributed by atoms with van der Waals surface area (Å²) in [7, 11) is 0. The van der Waals surface area contributed by atoms with Gasteiger partial charge in [0.1, 0.15) is 0 Å². The summed E-state index contributed by atoms with van der Waals surface area (Å²) >= 11 is 6.14. The van der Waals surface area contributed by atoms with Gasteiger partial charge in [0.15, 0.2) is 0 Å². The lowest BCUT2D eigenvalue weighted by atomic mass is 10.1. The molecule has 6 heteroatoms. The molecule has 0 aromatic heterocycles. The molecule has 0 atom stereocenters. The third kappa shape index (κ3) is 4.80. The molecule has 2 aromatic carbocycles. The highest BCUT2D eigenvalue weighted by Crippen LogP contribution is 2.15. The SMILES string of the molecule is Cc1ccccc1C(=O)N1CCCN(C(=O)NCc2ccccc2Cl)CC1. The van der Waals surface area contributed by atoms with Gasteiger partial charge in [-0.3, -0.25) is 4.79 Å². The van der Waals surface area contributed by atoms with E-state index < -0.39 is 0 Å². The van der Waals surface area contributed by atoms with Crippen LogP contribution in [-0.2, 0) is 6.54 Å². The summed E-state index contributed by atoms with van der Waals surface area (Å²) in [6.45, 7) is 4.67. The van der Waals surface area contributed by atoms with Crippen molar-refractivity contribution in [2.75, 3.05) is 26.2 Å². The maximum absolute atomic E-state index is 12.8. The zero-order chi connectivity index (χ0) is 19.2. The van der Waals surface area contributed by atoms with Crippen LogP contribution in [0.5, 0.6) is 0 Å². The molecule has 0 aliphatic carbocycles. The predicted octanol–water partition coefficient (Wildman–Crippen LogP) is 3.71. The van der Waals surface area contributed by atoms with Gasteiger partial charge in [-0.2, -0.15) is 0 Å². The number of urea groups is 1. The molecule has 27 heavy (non-hydrogen) atoms. The molecule has 0 unspecified atom stereocenters. The van der Waals surface area contributed by atoms with Gasteiger partial charge in [0.25, 0.3) is 5.91 Å². The van der Waals surface area contributed by atoms with E-state index in [0.717, 1.165) is 23.1 Å². The van der Waals surface area contributed by atoms with Gasteiger partial charge in [-0.25, -0.2) is 4.79 Å². The zero-order valence-electron chi connectivity index (χ0n) is 15.5. The van der Waals surface area contributed by atoms with E-state index in [4.69, 9.17) is 11.6 Å². The molecule has 0 saturated carbocycles. The molecular formula is C21H24ClN3O2. The van der Waals surface area contributed by atoms with E-state index in [-0.39, 0.29) is 11.9 Å². The fraction of sp³-hybridized carbons (Fsp3) is 0.333. The average molecular weight is 386 g/mol. The summed E-state index contributed by atoms with van der Waals surface area (Å²) in [5.74, 6) is 0.0337. The standard InChI is InChI=1S/C21H24ClN3O2/c1-16-7-2-4-9-18(16)20(26)24-11-6-12-25(14-13-24)21(27)23-15-17-8-3-5-10-19(17)22/h2-5,7-10H,6,11-15H2,1H3,(H,23,27). The number of halogens is 1. The first-order valence-corrected chi connectivity index (χ1v) is 9.55. The van der Waals surface area contributed by atoms with E-state index in [2.05, 4.69) is 5.32 Å². The van der Waals surface area contributed by atoms with Gasteiger partial charge >= 0.3 is 6.03 Å². The average Bonchev–Trinajstić information content (AvgIpc) is 2.93. The fourth-order valence-corrected chi connectivity index (χ4v) is 3.43. The largest absolute Gasteiger partial charge is 0.337 e. The van der Waals surface area contributed by atoms with Crippen LogP contribution in [0.15, 0.2) is 48.5 Å². The Morgan fingerprint density at radius 2 is 1.63 bits per heavy atom. The first-order chi connectivity index (χ1) is 13.1. The minimum absolute atomic E-state index is 0.0337.